The minimum Gasteiger partial charge on any atom is -0.398 e. The number of anilines is 4. The second-order valence-corrected chi connectivity index (χ2v) is 6.91. The predicted molar refractivity (Wildman–Crippen MR) is 115 cm³/mol. The summed E-state index contributed by atoms with van der Waals surface area (Å²) in [6, 6.07) is 25.7. The molecule has 28 heavy (non-hydrogen) atoms. The number of para-hydroxylation sites is 2. The van der Waals surface area contributed by atoms with Crippen LogP contribution in [0.25, 0.3) is 0 Å². The molecule has 3 aromatic rings. The zero-order valence-electron chi connectivity index (χ0n) is 15.7. The molecular weight excluding hydrogens is 348 g/mol. The van der Waals surface area contributed by atoms with Crippen molar-refractivity contribution in [3.63, 3.8) is 0 Å². The van der Waals surface area contributed by atoms with Gasteiger partial charge in [-0.1, -0.05) is 36.4 Å². The monoisotopic (exact) mass is 372 g/mol. The number of nitrogens with zero attached hydrogens (tertiary/aromatic N) is 2. The van der Waals surface area contributed by atoms with E-state index in [0.717, 1.165) is 24.5 Å². The number of nitrogens with one attached hydrogen (secondary N) is 1. The highest BCUT2D eigenvalue weighted by Crippen LogP contribution is 2.24. The normalized spacial score (nSPS) is 14.0. The predicted octanol–water partition coefficient (Wildman–Crippen LogP) is 3.97. The maximum Gasteiger partial charge on any atom is 0.256 e. The lowest BCUT2D eigenvalue weighted by molar-refractivity contribution is 0.0748. The first-order valence-electron chi connectivity index (χ1n) is 9.51. The number of benzene rings is 3. The smallest absolute Gasteiger partial charge is 0.256 e. The highest BCUT2D eigenvalue weighted by molar-refractivity contribution is 6.00. The van der Waals surface area contributed by atoms with Gasteiger partial charge in [0, 0.05) is 48.9 Å². The van der Waals surface area contributed by atoms with Crippen molar-refractivity contribution in [2.24, 2.45) is 0 Å². The van der Waals surface area contributed by atoms with E-state index in [9.17, 15) is 4.79 Å². The number of carbonyl (C=O) groups excluding carboxylic acids is 1. The van der Waals surface area contributed by atoms with E-state index in [0.29, 0.717) is 24.3 Å². The van der Waals surface area contributed by atoms with E-state index in [-0.39, 0.29) is 5.91 Å². The van der Waals surface area contributed by atoms with Crippen LogP contribution in [0, 0.1) is 0 Å². The van der Waals surface area contributed by atoms with E-state index in [1.54, 1.807) is 0 Å². The van der Waals surface area contributed by atoms with Gasteiger partial charge in [0.25, 0.3) is 5.91 Å². The van der Waals surface area contributed by atoms with Gasteiger partial charge in [-0.15, -0.1) is 0 Å². The van der Waals surface area contributed by atoms with Crippen LogP contribution >= 0.6 is 0 Å². The Morgan fingerprint density at radius 3 is 2.07 bits per heavy atom. The fraction of sp³-hybridized carbons (Fsp3) is 0.174. The first-order chi connectivity index (χ1) is 13.7. The molecule has 4 rings (SSSR count). The SMILES string of the molecule is Nc1cc(Nc2ccccc2)ccc1C(=O)N1CCN(c2ccccc2)CC1. The molecule has 0 spiro atoms. The van der Waals surface area contributed by atoms with Gasteiger partial charge >= 0.3 is 0 Å². The standard InChI is InChI=1S/C23H24N4O/c24-22-17-19(25-18-7-3-1-4-8-18)11-12-21(22)23(28)27-15-13-26(14-16-27)20-9-5-2-6-10-20/h1-12,17,25H,13-16,24H2. The lowest BCUT2D eigenvalue weighted by atomic mass is 10.1. The van der Waals surface area contributed by atoms with Crippen molar-refractivity contribution in [1.82, 2.24) is 4.90 Å². The summed E-state index contributed by atoms with van der Waals surface area (Å²) in [4.78, 5) is 17.1. The van der Waals surface area contributed by atoms with Crippen molar-refractivity contribution in [2.75, 3.05) is 42.1 Å². The summed E-state index contributed by atoms with van der Waals surface area (Å²) in [7, 11) is 0. The first kappa shape index (κ1) is 17.9. The van der Waals surface area contributed by atoms with Gasteiger partial charge in [-0.05, 0) is 42.5 Å². The molecule has 1 fully saturated rings. The van der Waals surface area contributed by atoms with E-state index in [2.05, 4.69) is 22.3 Å². The van der Waals surface area contributed by atoms with E-state index < -0.39 is 0 Å². The molecule has 3 aromatic carbocycles. The molecule has 1 saturated heterocycles. The van der Waals surface area contributed by atoms with Crippen molar-refractivity contribution >= 4 is 28.7 Å². The molecule has 5 heteroatoms. The Morgan fingerprint density at radius 1 is 0.786 bits per heavy atom. The van der Waals surface area contributed by atoms with E-state index in [1.807, 2.05) is 71.6 Å². The average molecular weight is 372 g/mol. The van der Waals surface area contributed by atoms with E-state index >= 15 is 0 Å². The van der Waals surface area contributed by atoms with Crippen LogP contribution in [0.15, 0.2) is 78.9 Å². The van der Waals surface area contributed by atoms with Crippen LogP contribution in [0.3, 0.4) is 0 Å². The maximum atomic E-state index is 12.9. The zero-order valence-corrected chi connectivity index (χ0v) is 15.7. The molecule has 1 aliphatic heterocycles. The number of hydrogen-bond donors (Lipinski definition) is 2. The summed E-state index contributed by atoms with van der Waals surface area (Å²) in [5, 5.41) is 3.30. The van der Waals surface area contributed by atoms with Crippen LogP contribution in [0.1, 0.15) is 10.4 Å². The summed E-state index contributed by atoms with van der Waals surface area (Å²) < 4.78 is 0. The lowest BCUT2D eigenvalue weighted by Gasteiger charge is -2.36. The Morgan fingerprint density at radius 2 is 1.43 bits per heavy atom. The fourth-order valence-electron chi connectivity index (χ4n) is 3.50. The Labute approximate surface area is 165 Å². The summed E-state index contributed by atoms with van der Waals surface area (Å²) in [5.74, 6) is -0.00327. The Balaban J connectivity index is 1.41. The second-order valence-electron chi connectivity index (χ2n) is 6.91. The first-order valence-corrected chi connectivity index (χ1v) is 9.51. The van der Waals surface area contributed by atoms with Gasteiger partial charge in [0.2, 0.25) is 0 Å². The third-order valence-corrected chi connectivity index (χ3v) is 5.03. The van der Waals surface area contributed by atoms with Gasteiger partial charge < -0.3 is 20.9 Å². The van der Waals surface area contributed by atoms with Gasteiger partial charge in [0.15, 0.2) is 0 Å². The Hall–Kier alpha value is -3.47. The zero-order chi connectivity index (χ0) is 19.3. The summed E-state index contributed by atoms with van der Waals surface area (Å²) >= 11 is 0. The number of amides is 1. The molecule has 3 N–H and O–H groups in total. The van der Waals surface area contributed by atoms with Gasteiger partial charge in [-0.25, -0.2) is 0 Å². The second kappa shape index (κ2) is 8.05. The van der Waals surface area contributed by atoms with Gasteiger partial charge in [0.05, 0.1) is 5.56 Å². The minimum atomic E-state index is -0.00327. The van der Waals surface area contributed by atoms with Crippen LogP contribution < -0.4 is 16.0 Å². The largest absolute Gasteiger partial charge is 0.398 e. The van der Waals surface area contributed by atoms with Crippen LogP contribution in [-0.2, 0) is 0 Å². The Kier molecular flexibility index (Phi) is 5.15. The van der Waals surface area contributed by atoms with Gasteiger partial charge in [0.1, 0.15) is 0 Å². The molecule has 0 radical (unpaired) electrons. The van der Waals surface area contributed by atoms with Crippen LogP contribution in [0.2, 0.25) is 0 Å². The number of rotatable bonds is 4. The van der Waals surface area contributed by atoms with E-state index in [4.69, 9.17) is 5.73 Å². The molecule has 1 aliphatic rings. The van der Waals surface area contributed by atoms with Crippen molar-refractivity contribution in [1.29, 1.82) is 0 Å². The number of hydrogen-bond acceptors (Lipinski definition) is 4. The molecule has 0 saturated carbocycles. The molecule has 0 aliphatic carbocycles. The maximum absolute atomic E-state index is 12.9. The number of nitrogen functional groups attached to an aromatic ring is 1. The van der Waals surface area contributed by atoms with Crippen molar-refractivity contribution in [3.05, 3.63) is 84.4 Å². The number of piperazine rings is 1. The molecule has 0 atom stereocenters. The number of nitrogens with two attached hydrogens (primary N) is 1. The number of carbonyl (C=O) groups is 1. The Bertz CT molecular complexity index is 935. The van der Waals surface area contributed by atoms with Gasteiger partial charge in [-0.2, -0.15) is 0 Å². The molecule has 0 aromatic heterocycles. The third-order valence-electron chi connectivity index (χ3n) is 5.03. The molecule has 0 bridgehead atoms. The van der Waals surface area contributed by atoms with Crippen molar-refractivity contribution < 1.29 is 4.79 Å². The van der Waals surface area contributed by atoms with Crippen molar-refractivity contribution in [3.8, 4) is 0 Å². The molecule has 1 heterocycles. The molecule has 1 amide bonds. The quantitative estimate of drug-likeness (QED) is 0.680. The molecule has 142 valence electrons. The fourth-order valence-corrected chi connectivity index (χ4v) is 3.50. The van der Waals surface area contributed by atoms with Crippen LogP contribution in [-0.4, -0.2) is 37.0 Å². The third kappa shape index (κ3) is 3.93. The molecule has 5 nitrogen and oxygen atoms in total. The van der Waals surface area contributed by atoms with E-state index in [1.165, 1.54) is 5.69 Å². The van der Waals surface area contributed by atoms with Crippen LogP contribution in [0.5, 0.6) is 0 Å². The highest BCUT2D eigenvalue weighted by Gasteiger charge is 2.23. The van der Waals surface area contributed by atoms with Crippen LogP contribution in [0.4, 0.5) is 22.7 Å². The summed E-state index contributed by atoms with van der Waals surface area (Å²) in [6.45, 7) is 3.03. The average Bonchev–Trinajstić information content (AvgIpc) is 2.75. The minimum absolute atomic E-state index is 0.00327. The molecular formula is C23H24N4O. The summed E-state index contributed by atoms with van der Waals surface area (Å²) in [6.07, 6.45) is 0. The topological polar surface area (TPSA) is 61.6 Å². The highest BCUT2D eigenvalue weighted by atomic mass is 16.2. The van der Waals surface area contributed by atoms with Crippen molar-refractivity contribution in [2.45, 2.75) is 0 Å². The van der Waals surface area contributed by atoms with Gasteiger partial charge in [-0.3, -0.25) is 4.79 Å². The molecule has 0 unspecified atom stereocenters. The lowest BCUT2D eigenvalue weighted by Crippen LogP contribution is -2.48. The summed E-state index contributed by atoms with van der Waals surface area (Å²) in [5.41, 5.74) is 10.3.